The summed E-state index contributed by atoms with van der Waals surface area (Å²) in [5.74, 6) is 0. The number of nitrogens with two attached hydrogens (primary N) is 2. The van der Waals surface area contributed by atoms with E-state index in [-0.39, 0.29) is 10.7 Å². The molecule has 2 aromatic heterocycles. The third-order valence-corrected chi connectivity index (χ3v) is 4.02. The number of aromatic nitrogens is 2. The number of aliphatic hydroxyl groups excluding tert-OH is 3. The summed E-state index contributed by atoms with van der Waals surface area (Å²) >= 11 is 4.95. The number of aromatic amines is 1. The standard InChI is InChI=1S/C13H16N4O4S/c14-6-4-1-2-16-7(4)9(17-8(6)13(15)22)12-11(20)10(19)5(3-18)21-12/h1-2,5,10-12,16,18-20H,3,14H2,(H2,15,22)/t5-,10-,11-,12-/m1/s1. The molecule has 8 N–H and O–H groups in total. The molecular formula is C13H16N4O4S. The van der Waals surface area contributed by atoms with Gasteiger partial charge in [-0.3, -0.25) is 0 Å². The van der Waals surface area contributed by atoms with Gasteiger partial charge in [0.25, 0.3) is 0 Å². The predicted octanol–water partition coefficient (Wildman–Crippen LogP) is -1.07. The Morgan fingerprint density at radius 1 is 1.41 bits per heavy atom. The second-order valence-corrected chi connectivity index (χ2v) is 5.59. The average molecular weight is 324 g/mol. The maximum absolute atomic E-state index is 10.2. The number of thiocarbonyl (C=S) groups is 1. The molecule has 1 fully saturated rings. The van der Waals surface area contributed by atoms with E-state index in [0.29, 0.717) is 22.3 Å². The van der Waals surface area contributed by atoms with Crippen LogP contribution in [0.2, 0.25) is 0 Å². The molecule has 0 unspecified atom stereocenters. The third-order valence-electron chi connectivity index (χ3n) is 3.83. The van der Waals surface area contributed by atoms with Crippen molar-refractivity contribution >= 4 is 33.8 Å². The summed E-state index contributed by atoms with van der Waals surface area (Å²) in [5.41, 5.74) is 13.1. The molecule has 1 aliphatic rings. The molecule has 3 rings (SSSR count). The summed E-state index contributed by atoms with van der Waals surface area (Å²) in [7, 11) is 0. The Kier molecular flexibility index (Phi) is 3.75. The van der Waals surface area contributed by atoms with Crippen LogP contribution in [0.4, 0.5) is 5.69 Å². The van der Waals surface area contributed by atoms with Crippen molar-refractivity contribution in [2.45, 2.75) is 24.4 Å². The second kappa shape index (κ2) is 5.45. The molecule has 3 heterocycles. The molecule has 0 bridgehead atoms. The summed E-state index contributed by atoms with van der Waals surface area (Å²) < 4.78 is 5.52. The molecule has 1 saturated heterocycles. The van der Waals surface area contributed by atoms with E-state index in [1.54, 1.807) is 12.3 Å². The van der Waals surface area contributed by atoms with Crippen molar-refractivity contribution in [2.75, 3.05) is 12.3 Å². The Labute approximate surface area is 130 Å². The smallest absolute Gasteiger partial charge is 0.131 e. The van der Waals surface area contributed by atoms with Gasteiger partial charge in [0.1, 0.15) is 35.1 Å². The molecule has 0 spiro atoms. The first-order valence-electron chi connectivity index (χ1n) is 6.64. The van der Waals surface area contributed by atoms with Gasteiger partial charge in [-0.1, -0.05) is 12.2 Å². The summed E-state index contributed by atoms with van der Waals surface area (Å²) in [6, 6.07) is 1.74. The fourth-order valence-electron chi connectivity index (χ4n) is 2.69. The van der Waals surface area contributed by atoms with Crippen LogP contribution < -0.4 is 11.5 Å². The monoisotopic (exact) mass is 324 g/mol. The molecule has 0 aliphatic carbocycles. The molecule has 0 amide bonds. The zero-order valence-corrected chi connectivity index (χ0v) is 12.2. The van der Waals surface area contributed by atoms with E-state index in [1.165, 1.54) is 0 Å². The minimum atomic E-state index is -1.24. The number of nitrogens with one attached hydrogen (secondary N) is 1. The lowest BCUT2D eigenvalue weighted by molar-refractivity contribution is -0.0235. The fourth-order valence-corrected chi connectivity index (χ4v) is 2.84. The molecule has 2 aromatic rings. The van der Waals surface area contributed by atoms with Gasteiger partial charge in [-0.05, 0) is 6.07 Å². The average Bonchev–Trinajstić information content (AvgIpc) is 3.07. The molecule has 118 valence electrons. The van der Waals surface area contributed by atoms with E-state index < -0.39 is 31.0 Å². The van der Waals surface area contributed by atoms with Gasteiger partial charge in [0.05, 0.1) is 23.5 Å². The zero-order valence-electron chi connectivity index (χ0n) is 11.4. The van der Waals surface area contributed by atoms with E-state index in [9.17, 15) is 15.3 Å². The summed E-state index contributed by atoms with van der Waals surface area (Å²) in [4.78, 5) is 7.31. The molecule has 0 aromatic carbocycles. The lowest BCUT2D eigenvalue weighted by Gasteiger charge is -2.17. The van der Waals surface area contributed by atoms with Crippen molar-refractivity contribution < 1.29 is 20.1 Å². The maximum Gasteiger partial charge on any atom is 0.131 e. The maximum atomic E-state index is 10.2. The molecule has 22 heavy (non-hydrogen) atoms. The number of H-pyrrole nitrogens is 1. The molecule has 8 nitrogen and oxygen atoms in total. The Balaban J connectivity index is 2.17. The number of hydrogen-bond acceptors (Lipinski definition) is 7. The Bertz CT molecular complexity index is 734. The first kappa shape index (κ1) is 15.1. The van der Waals surface area contributed by atoms with Gasteiger partial charge in [-0.2, -0.15) is 0 Å². The highest BCUT2D eigenvalue weighted by Gasteiger charge is 2.44. The van der Waals surface area contributed by atoms with E-state index in [4.69, 9.17) is 28.4 Å². The zero-order chi connectivity index (χ0) is 16.0. The topological polar surface area (TPSA) is 151 Å². The number of ether oxygens (including phenoxy) is 1. The van der Waals surface area contributed by atoms with Gasteiger partial charge in [0, 0.05) is 11.6 Å². The number of rotatable bonds is 3. The van der Waals surface area contributed by atoms with E-state index in [1.807, 2.05) is 0 Å². The van der Waals surface area contributed by atoms with Gasteiger partial charge in [-0.25, -0.2) is 4.98 Å². The molecule has 0 radical (unpaired) electrons. The fraction of sp³-hybridized carbons (Fsp3) is 0.385. The first-order chi connectivity index (χ1) is 10.5. The molecular weight excluding hydrogens is 308 g/mol. The van der Waals surface area contributed by atoms with Crippen LogP contribution in [-0.4, -0.2) is 55.2 Å². The number of fused-ring (bicyclic) bond motifs is 1. The predicted molar refractivity (Wildman–Crippen MR) is 83.1 cm³/mol. The summed E-state index contributed by atoms with van der Waals surface area (Å²) in [5, 5.41) is 29.9. The molecule has 9 heteroatoms. The Hall–Kier alpha value is -1.78. The minimum Gasteiger partial charge on any atom is -0.396 e. The normalized spacial score (nSPS) is 28.3. The number of aliphatic hydroxyl groups is 3. The number of nitrogen functional groups attached to an aromatic ring is 1. The van der Waals surface area contributed by atoms with Gasteiger partial charge >= 0.3 is 0 Å². The van der Waals surface area contributed by atoms with Crippen molar-refractivity contribution in [3.05, 3.63) is 23.7 Å². The van der Waals surface area contributed by atoms with Crippen molar-refractivity contribution in [1.29, 1.82) is 0 Å². The van der Waals surface area contributed by atoms with Gasteiger partial charge < -0.3 is 36.5 Å². The van der Waals surface area contributed by atoms with Crippen LogP contribution in [0.3, 0.4) is 0 Å². The van der Waals surface area contributed by atoms with Gasteiger partial charge in [0.15, 0.2) is 0 Å². The molecule has 0 saturated carbocycles. The largest absolute Gasteiger partial charge is 0.396 e. The van der Waals surface area contributed by atoms with Gasteiger partial charge in [-0.15, -0.1) is 0 Å². The Morgan fingerprint density at radius 3 is 2.73 bits per heavy atom. The number of anilines is 1. The Morgan fingerprint density at radius 2 is 2.14 bits per heavy atom. The van der Waals surface area contributed by atoms with Crippen LogP contribution >= 0.6 is 12.2 Å². The van der Waals surface area contributed by atoms with Crippen molar-refractivity contribution in [1.82, 2.24) is 9.97 Å². The van der Waals surface area contributed by atoms with Crippen molar-refractivity contribution in [3.8, 4) is 0 Å². The van der Waals surface area contributed by atoms with Crippen LogP contribution in [0.1, 0.15) is 17.5 Å². The molecule has 4 atom stereocenters. The van der Waals surface area contributed by atoms with Crippen LogP contribution in [-0.2, 0) is 4.74 Å². The minimum absolute atomic E-state index is 0.0218. The highest BCUT2D eigenvalue weighted by molar-refractivity contribution is 7.80. The van der Waals surface area contributed by atoms with Gasteiger partial charge in [0.2, 0.25) is 0 Å². The highest BCUT2D eigenvalue weighted by Crippen LogP contribution is 2.37. The van der Waals surface area contributed by atoms with Crippen molar-refractivity contribution in [2.24, 2.45) is 5.73 Å². The van der Waals surface area contributed by atoms with Crippen LogP contribution in [0.25, 0.3) is 10.9 Å². The van der Waals surface area contributed by atoms with E-state index in [0.717, 1.165) is 0 Å². The molecule has 1 aliphatic heterocycles. The second-order valence-electron chi connectivity index (χ2n) is 5.15. The van der Waals surface area contributed by atoms with Crippen LogP contribution in [0.5, 0.6) is 0 Å². The lowest BCUT2D eigenvalue weighted by atomic mass is 10.0. The number of pyridine rings is 1. The quantitative estimate of drug-likeness (QED) is 0.391. The summed E-state index contributed by atoms with van der Waals surface area (Å²) in [6.07, 6.45) is -2.61. The van der Waals surface area contributed by atoms with Crippen LogP contribution in [0, 0.1) is 0 Å². The summed E-state index contributed by atoms with van der Waals surface area (Å²) in [6.45, 7) is -0.417. The van der Waals surface area contributed by atoms with Crippen LogP contribution in [0.15, 0.2) is 12.3 Å². The van der Waals surface area contributed by atoms with E-state index in [2.05, 4.69) is 9.97 Å². The highest BCUT2D eigenvalue weighted by atomic mass is 32.1. The number of hydrogen-bond donors (Lipinski definition) is 6. The lowest BCUT2D eigenvalue weighted by Crippen LogP contribution is -2.32. The number of nitrogens with zero attached hydrogens (tertiary/aromatic N) is 1. The van der Waals surface area contributed by atoms with Crippen molar-refractivity contribution in [3.63, 3.8) is 0 Å². The third kappa shape index (κ3) is 2.14. The first-order valence-corrected chi connectivity index (χ1v) is 7.05. The van der Waals surface area contributed by atoms with E-state index >= 15 is 0 Å². The SMILES string of the molecule is NC(=S)c1nc([C@H]2O[C@H](CO)[C@@H](O)[C@H]2O)c2[nH]ccc2c1N.